The third kappa shape index (κ3) is 3.93. The highest BCUT2D eigenvalue weighted by Gasteiger charge is 2.29. The van der Waals surface area contributed by atoms with E-state index in [-0.39, 0.29) is 5.82 Å². The fourth-order valence-corrected chi connectivity index (χ4v) is 3.30. The predicted molar refractivity (Wildman–Crippen MR) is 79.2 cm³/mol. The second-order valence-corrected chi connectivity index (χ2v) is 6.42. The average Bonchev–Trinajstić information content (AvgIpc) is 2.80. The molecule has 1 nitrogen and oxygen atoms in total. The zero-order valence-electron chi connectivity index (χ0n) is 11.8. The molecule has 1 fully saturated rings. The molecule has 0 aliphatic heterocycles. The first-order valence-corrected chi connectivity index (χ1v) is 7.61. The van der Waals surface area contributed by atoms with E-state index in [9.17, 15) is 4.39 Å². The summed E-state index contributed by atoms with van der Waals surface area (Å²) in [6, 6.07) is 4.74. The van der Waals surface area contributed by atoms with Crippen molar-refractivity contribution in [1.29, 1.82) is 0 Å². The Morgan fingerprint density at radius 1 is 1.37 bits per heavy atom. The topological polar surface area (TPSA) is 12.0 Å². The van der Waals surface area contributed by atoms with E-state index in [0.717, 1.165) is 25.1 Å². The summed E-state index contributed by atoms with van der Waals surface area (Å²) in [5, 5.41) is 4.23. The molecule has 0 heterocycles. The van der Waals surface area contributed by atoms with Crippen molar-refractivity contribution in [3.05, 3.63) is 34.6 Å². The van der Waals surface area contributed by atoms with Crippen LogP contribution >= 0.6 is 11.6 Å². The number of benzene rings is 1. The van der Waals surface area contributed by atoms with Gasteiger partial charge in [-0.15, -0.1) is 0 Å². The van der Waals surface area contributed by atoms with Gasteiger partial charge in [0.05, 0.1) is 0 Å². The van der Waals surface area contributed by atoms with Gasteiger partial charge in [0.2, 0.25) is 0 Å². The fourth-order valence-electron chi connectivity index (χ4n) is 3.05. The van der Waals surface area contributed by atoms with Crippen molar-refractivity contribution in [3.8, 4) is 0 Å². The van der Waals surface area contributed by atoms with E-state index in [4.69, 9.17) is 11.6 Å². The van der Waals surface area contributed by atoms with Gasteiger partial charge >= 0.3 is 0 Å². The zero-order valence-corrected chi connectivity index (χ0v) is 12.5. The van der Waals surface area contributed by atoms with Gasteiger partial charge in [0.25, 0.3) is 0 Å². The minimum absolute atomic E-state index is 0.180. The Kier molecular flexibility index (Phi) is 5.23. The molecule has 0 saturated heterocycles. The lowest BCUT2D eigenvalue weighted by Crippen LogP contribution is -2.27. The molecule has 0 amide bonds. The first kappa shape index (κ1) is 14.8. The fraction of sp³-hybridized carbons (Fsp3) is 0.625. The zero-order chi connectivity index (χ0) is 13.8. The highest BCUT2D eigenvalue weighted by atomic mass is 35.5. The Bertz CT molecular complexity index is 419. The first-order chi connectivity index (χ1) is 9.08. The minimum Gasteiger partial charge on any atom is -0.316 e. The van der Waals surface area contributed by atoms with Crippen LogP contribution in [0.25, 0.3) is 0 Å². The van der Waals surface area contributed by atoms with E-state index in [1.54, 1.807) is 12.1 Å². The maximum absolute atomic E-state index is 13.4. The minimum atomic E-state index is -0.180. The van der Waals surface area contributed by atoms with Crippen LogP contribution in [-0.2, 0) is 0 Å². The smallest absolute Gasteiger partial charge is 0.123 e. The third-order valence-electron chi connectivity index (χ3n) is 3.98. The Morgan fingerprint density at radius 2 is 2.16 bits per heavy atom. The summed E-state index contributed by atoms with van der Waals surface area (Å²) in [4.78, 5) is 0. The first-order valence-electron chi connectivity index (χ1n) is 7.23. The Hall–Kier alpha value is -0.600. The Morgan fingerprint density at radius 3 is 2.89 bits per heavy atom. The van der Waals surface area contributed by atoms with Gasteiger partial charge in [-0.3, -0.25) is 0 Å². The van der Waals surface area contributed by atoms with Crippen molar-refractivity contribution in [1.82, 2.24) is 5.32 Å². The molecular weight excluding hydrogens is 261 g/mol. The molecule has 106 valence electrons. The molecule has 1 aromatic carbocycles. The SMILES string of the molecule is CC(C)CNCC1CCCC1c1cc(F)ccc1Cl. The molecule has 0 spiro atoms. The molecule has 2 atom stereocenters. The molecule has 2 unspecified atom stereocenters. The maximum atomic E-state index is 13.4. The van der Waals surface area contributed by atoms with Gasteiger partial charge in [0.1, 0.15) is 5.82 Å². The van der Waals surface area contributed by atoms with Gasteiger partial charge in [0, 0.05) is 5.02 Å². The number of halogens is 2. The summed E-state index contributed by atoms with van der Waals surface area (Å²) in [6.07, 6.45) is 3.55. The van der Waals surface area contributed by atoms with Gasteiger partial charge in [-0.2, -0.15) is 0 Å². The van der Waals surface area contributed by atoms with Crippen LogP contribution in [-0.4, -0.2) is 13.1 Å². The van der Waals surface area contributed by atoms with Crippen molar-refractivity contribution in [2.24, 2.45) is 11.8 Å². The second kappa shape index (κ2) is 6.71. The molecule has 0 radical (unpaired) electrons. The lowest BCUT2D eigenvalue weighted by molar-refractivity contribution is 0.424. The van der Waals surface area contributed by atoms with Crippen LogP contribution in [0.1, 0.15) is 44.6 Å². The Labute approximate surface area is 120 Å². The standard InChI is InChI=1S/C16H23ClFN/c1-11(2)9-19-10-12-4-3-5-14(12)15-8-13(18)6-7-16(15)17/h6-8,11-12,14,19H,3-5,9-10H2,1-2H3. The summed E-state index contributed by atoms with van der Waals surface area (Å²) in [5.41, 5.74) is 0.996. The van der Waals surface area contributed by atoms with Crippen LogP contribution in [0.15, 0.2) is 18.2 Å². The molecule has 19 heavy (non-hydrogen) atoms. The predicted octanol–water partition coefficient (Wildman–Crippen LogP) is 4.61. The van der Waals surface area contributed by atoms with Crippen LogP contribution in [0, 0.1) is 17.7 Å². The van der Waals surface area contributed by atoms with Crippen LogP contribution in [0.4, 0.5) is 4.39 Å². The molecule has 0 bridgehead atoms. The van der Waals surface area contributed by atoms with Crippen molar-refractivity contribution < 1.29 is 4.39 Å². The quantitative estimate of drug-likeness (QED) is 0.832. The van der Waals surface area contributed by atoms with E-state index < -0.39 is 0 Å². The van der Waals surface area contributed by atoms with Crippen molar-refractivity contribution in [2.75, 3.05) is 13.1 Å². The van der Waals surface area contributed by atoms with Gasteiger partial charge in [0.15, 0.2) is 0 Å². The highest BCUT2D eigenvalue weighted by molar-refractivity contribution is 6.31. The second-order valence-electron chi connectivity index (χ2n) is 6.02. The number of rotatable bonds is 5. The maximum Gasteiger partial charge on any atom is 0.123 e. The van der Waals surface area contributed by atoms with E-state index in [2.05, 4.69) is 19.2 Å². The van der Waals surface area contributed by atoms with Crippen molar-refractivity contribution >= 4 is 11.6 Å². The number of hydrogen-bond acceptors (Lipinski definition) is 1. The summed E-state index contributed by atoms with van der Waals surface area (Å²) in [6.45, 7) is 6.47. The van der Waals surface area contributed by atoms with Crippen molar-refractivity contribution in [3.63, 3.8) is 0 Å². The summed E-state index contributed by atoms with van der Waals surface area (Å²) < 4.78 is 13.4. The van der Waals surface area contributed by atoms with Crippen molar-refractivity contribution in [2.45, 2.75) is 39.0 Å². The molecule has 1 N–H and O–H groups in total. The van der Waals surface area contributed by atoms with E-state index in [0.29, 0.717) is 22.8 Å². The molecule has 1 aliphatic carbocycles. The third-order valence-corrected chi connectivity index (χ3v) is 4.32. The van der Waals surface area contributed by atoms with E-state index in [1.165, 1.54) is 18.9 Å². The van der Waals surface area contributed by atoms with Crippen LogP contribution in [0.2, 0.25) is 5.02 Å². The van der Waals surface area contributed by atoms with Gasteiger partial charge in [-0.05, 0) is 67.4 Å². The molecule has 1 aliphatic rings. The van der Waals surface area contributed by atoms with Crippen LogP contribution < -0.4 is 5.32 Å². The van der Waals surface area contributed by atoms with Gasteiger partial charge in [-0.25, -0.2) is 4.39 Å². The monoisotopic (exact) mass is 283 g/mol. The molecule has 1 saturated carbocycles. The van der Waals surface area contributed by atoms with Crippen LogP contribution in [0.3, 0.4) is 0 Å². The normalized spacial score (nSPS) is 23.2. The Balaban J connectivity index is 2.03. The number of nitrogens with one attached hydrogen (secondary N) is 1. The summed E-state index contributed by atoms with van der Waals surface area (Å²) in [7, 11) is 0. The molecular formula is C16H23ClFN. The van der Waals surface area contributed by atoms with Crippen LogP contribution in [0.5, 0.6) is 0 Å². The summed E-state index contributed by atoms with van der Waals surface area (Å²) >= 11 is 6.24. The molecule has 3 heteroatoms. The van der Waals surface area contributed by atoms with Gasteiger partial charge < -0.3 is 5.32 Å². The summed E-state index contributed by atoms with van der Waals surface area (Å²) in [5.74, 6) is 1.47. The number of hydrogen-bond donors (Lipinski definition) is 1. The lowest BCUT2D eigenvalue weighted by atomic mass is 9.88. The molecule has 2 rings (SSSR count). The van der Waals surface area contributed by atoms with E-state index >= 15 is 0 Å². The largest absolute Gasteiger partial charge is 0.316 e. The average molecular weight is 284 g/mol. The molecule has 0 aromatic heterocycles. The highest BCUT2D eigenvalue weighted by Crippen LogP contribution is 2.42. The molecule has 1 aromatic rings. The lowest BCUT2D eigenvalue weighted by Gasteiger charge is -2.22. The van der Waals surface area contributed by atoms with Gasteiger partial charge in [-0.1, -0.05) is 31.9 Å². The van der Waals surface area contributed by atoms with E-state index in [1.807, 2.05) is 0 Å².